The largest absolute Gasteiger partial charge is 0.506 e. The van der Waals surface area contributed by atoms with Crippen molar-refractivity contribution >= 4 is 21.8 Å². The van der Waals surface area contributed by atoms with Gasteiger partial charge in [0.1, 0.15) is 5.75 Å². The van der Waals surface area contributed by atoms with Crippen molar-refractivity contribution in [3.63, 3.8) is 0 Å². The smallest absolute Gasteiger partial charge is 0.139 e. The van der Waals surface area contributed by atoms with Gasteiger partial charge in [-0.1, -0.05) is 36.4 Å². The molecule has 2 heterocycles. The van der Waals surface area contributed by atoms with E-state index in [1.54, 1.807) is 6.07 Å². The van der Waals surface area contributed by atoms with Gasteiger partial charge in [-0.3, -0.25) is 0 Å². The molecule has 1 aromatic heterocycles. The summed E-state index contributed by atoms with van der Waals surface area (Å²) in [5, 5.41) is 12.8. The van der Waals surface area contributed by atoms with Crippen LogP contribution in [0.2, 0.25) is 0 Å². The molecule has 4 aromatic rings. The van der Waals surface area contributed by atoms with Crippen LogP contribution in [-0.2, 0) is 6.54 Å². The second kappa shape index (κ2) is 3.92. The van der Waals surface area contributed by atoms with Gasteiger partial charge >= 0.3 is 0 Å². The predicted molar refractivity (Wildman–Crippen MR) is 90.4 cm³/mol. The van der Waals surface area contributed by atoms with Gasteiger partial charge in [0, 0.05) is 22.9 Å². The van der Waals surface area contributed by atoms with Crippen LogP contribution in [0.3, 0.4) is 0 Å². The van der Waals surface area contributed by atoms with Gasteiger partial charge in [0.15, 0.2) is 0 Å². The fourth-order valence-corrected chi connectivity index (χ4v) is 3.87. The van der Waals surface area contributed by atoms with Gasteiger partial charge in [-0.2, -0.15) is 0 Å². The molecule has 1 aliphatic rings. The number of nitrogens with zero attached hydrogens (tertiary/aromatic N) is 1. The first-order valence-corrected chi connectivity index (χ1v) is 7.57. The maximum absolute atomic E-state index is 10.4. The minimum absolute atomic E-state index is 0.358. The van der Waals surface area contributed by atoms with Crippen LogP contribution in [0.5, 0.6) is 5.75 Å². The molecule has 0 spiro atoms. The van der Waals surface area contributed by atoms with E-state index in [1.807, 2.05) is 6.07 Å². The van der Waals surface area contributed by atoms with Gasteiger partial charge in [-0.25, -0.2) is 0 Å². The van der Waals surface area contributed by atoms with Gasteiger partial charge < -0.3 is 9.67 Å². The first-order valence-electron chi connectivity index (χ1n) is 7.57. The fourth-order valence-electron chi connectivity index (χ4n) is 3.87. The van der Waals surface area contributed by atoms with E-state index in [-0.39, 0.29) is 0 Å². The zero-order valence-corrected chi connectivity index (χ0v) is 12.3. The molecule has 1 N–H and O–H groups in total. The highest BCUT2D eigenvalue weighted by atomic mass is 16.3. The number of hydrogen-bond acceptors (Lipinski definition) is 1. The van der Waals surface area contributed by atoms with Crippen LogP contribution in [0.4, 0.5) is 0 Å². The van der Waals surface area contributed by atoms with Crippen LogP contribution in [0.1, 0.15) is 11.1 Å². The van der Waals surface area contributed by atoms with E-state index in [1.165, 1.54) is 33.2 Å². The minimum Gasteiger partial charge on any atom is -0.506 e. The van der Waals surface area contributed by atoms with E-state index >= 15 is 0 Å². The maximum atomic E-state index is 10.4. The summed E-state index contributed by atoms with van der Waals surface area (Å²) < 4.78 is 2.26. The van der Waals surface area contributed by atoms with Crippen molar-refractivity contribution in [3.05, 3.63) is 65.7 Å². The molecule has 0 saturated carbocycles. The van der Waals surface area contributed by atoms with E-state index in [0.29, 0.717) is 5.75 Å². The first-order chi connectivity index (χ1) is 10.7. The van der Waals surface area contributed by atoms with Crippen LogP contribution < -0.4 is 0 Å². The molecule has 0 saturated heterocycles. The molecule has 2 heteroatoms. The molecule has 0 atom stereocenters. The molecular formula is C20H15NO. The Morgan fingerprint density at radius 2 is 1.73 bits per heavy atom. The number of phenols is 1. The number of phenolic OH excluding ortho intramolecular Hbond substituents is 1. The molecule has 0 unspecified atom stereocenters. The highest BCUT2D eigenvalue weighted by Crippen LogP contribution is 2.43. The van der Waals surface area contributed by atoms with Crippen molar-refractivity contribution in [1.82, 2.24) is 4.57 Å². The second-order valence-corrected chi connectivity index (χ2v) is 6.13. The van der Waals surface area contributed by atoms with Crippen LogP contribution in [0.15, 0.2) is 54.6 Å². The molecule has 0 fully saturated rings. The number of hydrogen-bond donors (Lipinski definition) is 1. The number of aromatic hydroxyl groups is 1. The zero-order valence-electron chi connectivity index (χ0n) is 12.3. The van der Waals surface area contributed by atoms with Gasteiger partial charge in [0.25, 0.3) is 0 Å². The lowest BCUT2D eigenvalue weighted by Crippen LogP contribution is -2.07. The number of para-hydroxylation sites is 1. The molecule has 22 heavy (non-hydrogen) atoms. The van der Waals surface area contributed by atoms with Gasteiger partial charge in [-0.15, -0.1) is 0 Å². The van der Waals surface area contributed by atoms with E-state index < -0.39 is 0 Å². The number of fused-ring (bicyclic) bond motifs is 5. The normalized spacial score (nSPS) is 12.8. The Labute approximate surface area is 128 Å². The molecule has 0 aliphatic carbocycles. The van der Waals surface area contributed by atoms with Crippen molar-refractivity contribution in [2.24, 2.45) is 0 Å². The van der Waals surface area contributed by atoms with Crippen molar-refractivity contribution in [2.45, 2.75) is 13.5 Å². The number of aromatic nitrogens is 1. The Kier molecular flexibility index (Phi) is 2.11. The van der Waals surface area contributed by atoms with Gasteiger partial charge in [-0.05, 0) is 41.8 Å². The van der Waals surface area contributed by atoms with Crippen LogP contribution in [0.25, 0.3) is 32.9 Å². The van der Waals surface area contributed by atoms with Gasteiger partial charge in [0.05, 0.1) is 11.0 Å². The average molecular weight is 285 g/mol. The first kappa shape index (κ1) is 11.9. The van der Waals surface area contributed by atoms with E-state index in [0.717, 1.165) is 17.4 Å². The third-order valence-corrected chi connectivity index (χ3v) is 4.73. The molecule has 0 amide bonds. The Bertz CT molecular complexity index is 1070. The standard InChI is InChI=1S/C20H15NO/c1-12-9-16-14-6-3-2-5-13(14)11-21-19(16)17(10-12)15-7-4-8-18(22)20(15)21/h2-10,22H,11H2,1H3. The Morgan fingerprint density at radius 1 is 0.864 bits per heavy atom. The molecule has 1 aliphatic heterocycles. The number of aryl methyl sites for hydroxylation is 1. The summed E-state index contributed by atoms with van der Waals surface area (Å²) in [5.74, 6) is 0.358. The van der Waals surface area contributed by atoms with Crippen LogP contribution in [0, 0.1) is 6.92 Å². The van der Waals surface area contributed by atoms with Crippen molar-refractivity contribution in [2.75, 3.05) is 0 Å². The fraction of sp³-hybridized carbons (Fsp3) is 0.100. The summed E-state index contributed by atoms with van der Waals surface area (Å²) in [7, 11) is 0. The summed E-state index contributed by atoms with van der Waals surface area (Å²) in [4.78, 5) is 0. The van der Waals surface area contributed by atoms with E-state index in [9.17, 15) is 5.11 Å². The molecule has 106 valence electrons. The summed E-state index contributed by atoms with van der Waals surface area (Å²) >= 11 is 0. The quantitative estimate of drug-likeness (QED) is 0.433. The summed E-state index contributed by atoms with van der Waals surface area (Å²) in [6, 6.07) is 18.9. The predicted octanol–water partition coefficient (Wildman–Crippen LogP) is 4.84. The Morgan fingerprint density at radius 3 is 2.64 bits per heavy atom. The number of rotatable bonds is 0. The summed E-state index contributed by atoms with van der Waals surface area (Å²) in [6.07, 6.45) is 0. The van der Waals surface area contributed by atoms with Crippen molar-refractivity contribution in [1.29, 1.82) is 0 Å². The van der Waals surface area contributed by atoms with Crippen molar-refractivity contribution < 1.29 is 5.11 Å². The van der Waals surface area contributed by atoms with Crippen molar-refractivity contribution in [3.8, 4) is 16.9 Å². The Balaban J connectivity index is 2.09. The lowest BCUT2D eigenvalue weighted by Gasteiger charge is -2.21. The topological polar surface area (TPSA) is 25.2 Å². The molecule has 0 radical (unpaired) electrons. The second-order valence-electron chi connectivity index (χ2n) is 6.13. The third-order valence-electron chi connectivity index (χ3n) is 4.73. The Hall–Kier alpha value is -2.74. The van der Waals surface area contributed by atoms with E-state index in [4.69, 9.17) is 0 Å². The molecule has 5 rings (SSSR count). The molecule has 2 nitrogen and oxygen atoms in total. The molecular weight excluding hydrogens is 270 g/mol. The summed E-state index contributed by atoms with van der Waals surface area (Å²) in [6.45, 7) is 2.95. The molecule has 0 bridgehead atoms. The SMILES string of the molecule is Cc1cc2c3c(c1)c1cccc(O)c1n3Cc1ccccc1-2. The van der Waals surface area contributed by atoms with E-state index in [2.05, 4.69) is 54.0 Å². The highest BCUT2D eigenvalue weighted by Gasteiger charge is 2.23. The summed E-state index contributed by atoms with van der Waals surface area (Å²) in [5.41, 5.74) is 7.32. The lowest BCUT2D eigenvalue weighted by molar-refractivity contribution is 0.478. The molecule has 3 aromatic carbocycles. The third kappa shape index (κ3) is 1.34. The monoisotopic (exact) mass is 285 g/mol. The minimum atomic E-state index is 0.358. The lowest BCUT2D eigenvalue weighted by atomic mass is 9.93. The zero-order chi connectivity index (χ0) is 14.8. The maximum Gasteiger partial charge on any atom is 0.139 e. The highest BCUT2D eigenvalue weighted by molar-refractivity contribution is 6.15. The van der Waals surface area contributed by atoms with Gasteiger partial charge in [0.2, 0.25) is 0 Å². The average Bonchev–Trinajstić information content (AvgIpc) is 2.83. The number of benzene rings is 3. The van der Waals surface area contributed by atoms with Crippen LogP contribution >= 0.6 is 0 Å². The van der Waals surface area contributed by atoms with Crippen LogP contribution in [-0.4, -0.2) is 9.67 Å².